The Bertz CT molecular complexity index is 5540. The standard InChI is InChI=1S/C87H57N3/c1-2-57-19-17-22-61(51-57)64-39-47-73-71-27-9-13-31-79(71)87(81(73)54-64)80-32-14-10-28-72(80)74-48-40-65(55-82(74)87)62-23-18-26-69(52-62)90-84-34-16-12-30-76(84)78-53-63(41-50-85(78)90)60-37-44-68(45-38-60)88(67-42-35-59(36-43-67)58-20-5-3-6-21-58)70-46-49-77-75-29-11-15-33-83(75)89(86(77)56-70)66-24-7-4-8-25-66/h2-56H,1H2. The third kappa shape index (κ3) is 7.86. The van der Waals surface area contributed by atoms with Gasteiger partial charge in [0.1, 0.15) is 0 Å². The maximum Gasteiger partial charge on any atom is 0.0725 e. The highest BCUT2D eigenvalue weighted by Gasteiger charge is 2.51. The SMILES string of the molecule is C=Cc1cccc(-c2ccc3c(c2)C2(c4ccccc4-3)c3ccccc3-c3ccc(-c4cccc(-n5c6ccccc6c6cc(-c7ccc(N(c8ccc(-c9ccccc9)cc8)c8ccc9c%10ccccc%10n(-c%10ccccc%10)c9c8)cc7)ccc65)c4)cc32)c1. The quantitative estimate of drug-likeness (QED) is 0.133. The van der Waals surface area contributed by atoms with Crippen LogP contribution < -0.4 is 4.90 Å². The van der Waals surface area contributed by atoms with Crippen LogP contribution in [0.4, 0.5) is 17.1 Å². The van der Waals surface area contributed by atoms with Crippen molar-refractivity contribution < 1.29 is 0 Å². The number of fused-ring (bicyclic) bond motifs is 16. The molecule has 0 saturated heterocycles. The molecule has 0 aliphatic heterocycles. The van der Waals surface area contributed by atoms with Crippen LogP contribution >= 0.6 is 0 Å². The zero-order valence-electron chi connectivity index (χ0n) is 49.3. The van der Waals surface area contributed by atoms with Gasteiger partial charge in [0.05, 0.1) is 27.5 Å². The van der Waals surface area contributed by atoms with Gasteiger partial charge in [0.15, 0.2) is 0 Å². The first-order valence-electron chi connectivity index (χ1n) is 31.1. The third-order valence-electron chi connectivity index (χ3n) is 19.3. The van der Waals surface area contributed by atoms with E-state index in [9.17, 15) is 0 Å². The summed E-state index contributed by atoms with van der Waals surface area (Å²) < 4.78 is 4.85. The molecular formula is C87H57N3. The number of anilines is 3. The molecule has 0 N–H and O–H groups in total. The highest BCUT2D eigenvalue weighted by Crippen LogP contribution is 2.63. The van der Waals surface area contributed by atoms with Crippen molar-refractivity contribution in [2.24, 2.45) is 0 Å². The number of nitrogens with zero attached hydrogens (tertiary/aromatic N) is 3. The average molecular weight is 1140 g/mol. The highest BCUT2D eigenvalue weighted by molar-refractivity contribution is 6.12. The van der Waals surface area contributed by atoms with Gasteiger partial charge in [-0.2, -0.15) is 0 Å². The summed E-state index contributed by atoms with van der Waals surface area (Å²) in [6.07, 6.45) is 1.93. The normalized spacial score (nSPS) is 13.6. The fraction of sp³-hybridized carbons (Fsp3) is 0.0115. The van der Waals surface area contributed by atoms with Gasteiger partial charge in [-0.1, -0.05) is 237 Å². The van der Waals surface area contributed by atoms with E-state index in [1.54, 1.807) is 0 Å². The lowest BCUT2D eigenvalue weighted by Gasteiger charge is -2.31. The smallest absolute Gasteiger partial charge is 0.0725 e. The summed E-state index contributed by atoms with van der Waals surface area (Å²) in [6.45, 7) is 4.09. The van der Waals surface area contributed by atoms with E-state index in [0.29, 0.717) is 0 Å². The van der Waals surface area contributed by atoms with Crippen LogP contribution in [0, 0.1) is 0 Å². The van der Waals surface area contributed by atoms with Crippen molar-refractivity contribution in [3.05, 3.63) is 362 Å². The predicted octanol–water partition coefficient (Wildman–Crippen LogP) is 23.0. The second-order valence-electron chi connectivity index (χ2n) is 24.0. The molecule has 0 bridgehead atoms. The van der Waals surface area contributed by atoms with E-state index in [1.165, 1.54) is 122 Å². The lowest BCUT2D eigenvalue weighted by Crippen LogP contribution is -2.26. The monoisotopic (exact) mass is 1140 g/mol. The molecule has 90 heavy (non-hydrogen) atoms. The first kappa shape index (κ1) is 51.4. The van der Waals surface area contributed by atoms with Gasteiger partial charge in [-0.3, -0.25) is 0 Å². The van der Waals surface area contributed by atoms with Crippen LogP contribution in [-0.2, 0) is 5.41 Å². The Kier molecular flexibility index (Phi) is 11.7. The van der Waals surface area contributed by atoms with Crippen molar-refractivity contribution in [2.45, 2.75) is 5.41 Å². The van der Waals surface area contributed by atoms with Gasteiger partial charge in [0.25, 0.3) is 0 Å². The van der Waals surface area contributed by atoms with Crippen LogP contribution in [0.2, 0.25) is 0 Å². The molecule has 16 aromatic rings. The molecule has 2 aliphatic carbocycles. The van der Waals surface area contributed by atoms with E-state index in [2.05, 4.69) is 348 Å². The second kappa shape index (κ2) is 20.4. The number of para-hydroxylation sites is 3. The summed E-state index contributed by atoms with van der Waals surface area (Å²) in [5, 5.41) is 4.89. The molecule has 14 aromatic carbocycles. The van der Waals surface area contributed by atoms with Crippen molar-refractivity contribution >= 4 is 66.7 Å². The predicted molar refractivity (Wildman–Crippen MR) is 378 cm³/mol. The Hall–Kier alpha value is -11.8. The Morgan fingerprint density at radius 3 is 1.32 bits per heavy atom. The maximum atomic E-state index is 4.09. The molecule has 0 amide bonds. The summed E-state index contributed by atoms with van der Waals surface area (Å²) in [4.78, 5) is 2.39. The highest BCUT2D eigenvalue weighted by atomic mass is 15.1. The summed E-state index contributed by atoms with van der Waals surface area (Å²) >= 11 is 0. The van der Waals surface area contributed by atoms with Gasteiger partial charge in [-0.15, -0.1) is 0 Å². The Morgan fingerprint density at radius 1 is 0.256 bits per heavy atom. The first-order valence-corrected chi connectivity index (χ1v) is 31.1. The van der Waals surface area contributed by atoms with Crippen molar-refractivity contribution in [1.29, 1.82) is 0 Å². The minimum absolute atomic E-state index is 0.502. The molecule has 420 valence electrons. The number of hydrogen-bond donors (Lipinski definition) is 0. The largest absolute Gasteiger partial charge is 0.310 e. The third-order valence-corrected chi connectivity index (χ3v) is 19.3. The van der Waals surface area contributed by atoms with Crippen LogP contribution in [0.5, 0.6) is 0 Å². The average Bonchev–Trinajstić information content (AvgIpc) is 1.52. The number of rotatable bonds is 10. The number of aromatic nitrogens is 2. The molecule has 1 unspecified atom stereocenters. The van der Waals surface area contributed by atoms with Crippen molar-refractivity contribution in [1.82, 2.24) is 9.13 Å². The maximum absolute atomic E-state index is 4.09. The van der Waals surface area contributed by atoms with Gasteiger partial charge in [-0.25, -0.2) is 0 Å². The van der Waals surface area contributed by atoms with Crippen molar-refractivity contribution in [3.8, 4) is 78.1 Å². The van der Waals surface area contributed by atoms with Crippen molar-refractivity contribution in [2.75, 3.05) is 4.90 Å². The van der Waals surface area contributed by atoms with Crippen LogP contribution in [0.3, 0.4) is 0 Å². The Balaban J connectivity index is 0.726. The van der Waals surface area contributed by atoms with Gasteiger partial charge >= 0.3 is 0 Å². The minimum Gasteiger partial charge on any atom is -0.310 e. The molecule has 2 aliphatic rings. The lowest BCUT2D eigenvalue weighted by molar-refractivity contribution is 0.794. The zero-order chi connectivity index (χ0) is 59.4. The Labute approximate surface area is 523 Å². The van der Waals surface area contributed by atoms with Gasteiger partial charge in [-0.05, 0) is 198 Å². The number of benzene rings is 14. The topological polar surface area (TPSA) is 13.1 Å². The van der Waals surface area contributed by atoms with Gasteiger partial charge < -0.3 is 14.0 Å². The fourth-order valence-electron chi connectivity index (χ4n) is 15.2. The molecule has 2 heterocycles. The molecule has 0 saturated carbocycles. The minimum atomic E-state index is -0.502. The molecule has 18 rings (SSSR count). The van der Waals surface area contributed by atoms with Crippen LogP contribution in [0.1, 0.15) is 27.8 Å². The van der Waals surface area contributed by atoms with E-state index < -0.39 is 5.41 Å². The summed E-state index contributed by atoms with van der Waals surface area (Å²) in [5.41, 5.74) is 30.7. The molecule has 1 spiro atoms. The molecule has 1 atom stereocenters. The Morgan fingerprint density at radius 2 is 0.678 bits per heavy atom. The van der Waals surface area contributed by atoms with Gasteiger partial charge in [0.2, 0.25) is 0 Å². The second-order valence-corrected chi connectivity index (χ2v) is 24.0. The van der Waals surface area contributed by atoms with E-state index in [4.69, 9.17) is 0 Å². The summed E-state index contributed by atoms with van der Waals surface area (Å²) in [5.74, 6) is 0. The molecule has 3 nitrogen and oxygen atoms in total. The van der Waals surface area contributed by atoms with E-state index in [1.807, 2.05) is 6.08 Å². The summed E-state index contributed by atoms with van der Waals surface area (Å²) in [7, 11) is 0. The van der Waals surface area contributed by atoms with Crippen LogP contribution in [0.25, 0.3) is 128 Å². The van der Waals surface area contributed by atoms with Crippen LogP contribution in [0.15, 0.2) is 334 Å². The molecule has 2 aromatic heterocycles. The van der Waals surface area contributed by atoms with E-state index in [-0.39, 0.29) is 0 Å². The fourth-order valence-corrected chi connectivity index (χ4v) is 15.2. The first-order chi connectivity index (χ1) is 44.6. The summed E-state index contributed by atoms with van der Waals surface area (Å²) in [6, 6.07) is 121. The molecule has 3 heteroatoms. The lowest BCUT2D eigenvalue weighted by atomic mass is 9.70. The van der Waals surface area contributed by atoms with E-state index >= 15 is 0 Å². The molecular weight excluding hydrogens is 1090 g/mol. The van der Waals surface area contributed by atoms with Gasteiger partial charge in [0, 0.05) is 50.0 Å². The molecule has 0 radical (unpaired) electrons. The molecule has 0 fully saturated rings. The number of hydrogen-bond acceptors (Lipinski definition) is 1. The van der Waals surface area contributed by atoms with Crippen molar-refractivity contribution in [3.63, 3.8) is 0 Å². The van der Waals surface area contributed by atoms with Crippen LogP contribution in [-0.4, -0.2) is 9.13 Å². The zero-order valence-corrected chi connectivity index (χ0v) is 49.3. The van der Waals surface area contributed by atoms with E-state index in [0.717, 1.165) is 45.1 Å².